The number of aliphatic hydroxyl groups excluding tert-OH is 1. The SMILES string of the molecule is C=CCNc1cc(C(O)c2ccc(NC(=O)O)cc2F)ccn1. The third kappa shape index (κ3) is 4.27. The number of halogens is 1. The maximum Gasteiger partial charge on any atom is 0.409 e. The lowest BCUT2D eigenvalue weighted by atomic mass is 10.0. The van der Waals surface area contributed by atoms with Gasteiger partial charge in [-0.25, -0.2) is 14.2 Å². The van der Waals surface area contributed by atoms with E-state index in [-0.39, 0.29) is 11.3 Å². The number of carboxylic acid groups (broad SMARTS) is 1. The second-order valence-corrected chi connectivity index (χ2v) is 4.71. The van der Waals surface area contributed by atoms with Gasteiger partial charge in [-0.1, -0.05) is 12.1 Å². The zero-order valence-corrected chi connectivity index (χ0v) is 12.2. The summed E-state index contributed by atoms with van der Waals surface area (Å²) in [5.74, 6) is -0.174. The maximum absolute atomic E-state index is 14.1. The Balaban J connectivity index is 2.24. The summed E-state index contributed by atoms with van der Waals surface area (Å²) in [7, 11) is 0. The van der Waals surface area contributed by atoms with Gasteiger partial charge in [-0.15, -0.1) is 6.58 Å². The van der Waals surface area contributed by atoms with Crippen LogP contribution in [0.2, 0.25) is 0 Å². The lowest BCUT2D eigenvalue weighted by Crippen LogP contribution is -2.09. The summed E-state index contributed by atoms with van der Waals surface area (Å²) < 4.78 is 14.1. The van der Waals surface area contributed by atoms with Crippen molar-refractivity contribution in [3.63, 3.8) is 0 Å². The highest BCUT2D eigenvalue weighted by molar-refractivity contribution is 5.82. The fourth-order valence-corrected chi connectivity index (χ4v) is 2.02. The van der Waals surface area contributed by atoms with Crippen molar-refractivity contribution < 1.29 is 19.4 Å². The van der Waals surface area contributed by atoms with Gasteiger partial charge in [0.25, 0.3) is 0 Å². The van der Waals surface area contributed by atoms with Gasteiger partial charge >= 0.3 is 6.09 Å². The first-order chi connectivity index (χ1) is 11.0. The molecule has 0 bridgehead atoms. The lowest BCUT2D eigenvalue weighted by molar-refractivity contribution is 0.209. The summed E-state index contributed by atoms with van der Waals surface area (Å²) in [4.78, 5) is 14.6. The molecule has 1 aromatic heterocycles. The van der Waals surface area contributed by atoms with E-state index in [1.807, 2.05) is 5.32 Å². The molecule has 1 aromatic carbocycles. The van der Waals surface area contributed by atoms with Crippen molar-refractivity contribution in [3.05, 3.63) is 66.1 Å². The van der Waals surface area contributed by atoms with Gasteiger partial charge in [-0.2, -0.15) is 0 Å². The Labute approximate surface area is 132 Å². The molecule has 0 saturated heterocycles. The molecule has 6 nitrogen and oxygen atoms in total. The molecule has 0 radical (unpaired) electrons. The fraction of sp³-hybridized carbons (Fsp3) is 0.125. The molecule has 0 spiro atoms. The summed E-state index contributed by atoms with van der Waals surface area (Å²) in [6.45, 7) is 4.09. The number of nitrogens with one attached hydrogen (secondary N) is 2. The van der Waals surface area contributed by atoms with Gasteiger partial charge in [0.1, 0.15) is 17.7 Å². The van der Waals surface area contributed by atoms with E-state index < -0.39 is 18.0 Å². The fourth-order valence-electron chi connectivity index (χ4n) is 2.02. The Morgan fingerprint density at radius 1 is 1.39 bits per heavy atom. The molecule has 0 saturated carbocycles. The minimum Gasteiger partial charge on any atom is -0.465 e. The van der Waals surface area contributed by atoms with Crippen molar-refractivity contribution in [2.45, 2.75) is 6.10 Å². The largest absolute Gasteiger partial charge is 0.465 e. The van der Waals surface area contributed by atoms with E-state index in [1.165, 1.54) is 18.3 Å². The number of pyridine rings is 1. The second kappa shape index (κ2) is 7.37. The Morgan fingerprint density at radius 2 is 2.17 bits per heavy atom. The van der Waals surface area contributed by atoms with Crippen molar-refractivity contribution in [3.8, 4) is 0 Å². The van der Waals surface area contributed by atoms with Crippen LogP contribution in [0, 0.1) is 5.82 Å². The van der Waals surface area contributed by atoms with Gasteiger partial charge in [0.05, 0.1) is 0 Å². The number of carbonyl (C=O) groups is 1. The van der Waals surface area contributed by atoms with Gasteiger partial charge in [-0.3, -0.25) is 5.32 Å². The first-order valence-electron chi connectivity index (χ1n) is 6.79. The van der Waals surface area contributed by atoms with Crippen LogP contribution in [0.1, 0.15) is 17.2 Å². The average molecular weight is 317 g/mol. The van der Waals surface area contributed by atoms with Gasteiger partial charge in [0, 0.05) is 24.0 Å². The number of amides is 1. The van der Waals surface area contributed by atoms with Gasteiger partial charge in [0.2, 0.25) is 0 Å². The molecule has 1 amide bonds. The van der Waals surface area contributed by atoms with E-state index in [0.717, 1.165) is 6.07 Å². The van der Waals surface area contributed by atoms with E-state index >= 15 is 0 Å². The summed E-state index contributed by atoms with van der Waals surface area (Å²) in [5, 5.41) is 24.0. The summed E-state index contributed by atoms with van der Waals surface area (Å²) in [6.07, 6.45) is 0.687. The summed E-state index contributed by atoms with van der Waals surface area (Å²) in [6, 6.07) is 6.92. The molecule has 1 heterocycles. The van der Waals surface area contributed by atoms with Gasteiger partial charge in [-0.05, 0) is 29.8 Å². The molecule has 1 unspecified atom stereocenters. The van der Waals surface area contributed by atoms with Crippen molar-refractivity contribution in [1.82, 2.24) is 4.98 Å². The lowest BCUT2D eigenvalue weighted by Gasteiger charge is -2.14. The number of rotatable bonds is 6. The summed E-state index contributed by atoms with van der Waals surface area (Å²) in [5.41, 5.74) is 0.597. The molecule has 120 valence electrons. The predicted octanol–water partition coefficient (Wildman–Crippen LogP) is 2.99. The molecule has 2 aromatic rings. The zero-order chi connectivity index (χ0) is 16.8. The molecular formula is C16H16FN3O3. The first-order valence-corrected chi connectivity index (χ1v) is 6.79. The standard InChI is InChI=1S/C16H16FN3O3/c1-2-6-18-14-8-10(5-7-19-14)15(21)12-4-3-11(9-13(12)17)20-16(22)23/h2-5,7-9,15,20-21H,1,6H2,(H,18,19)(H,22,23). The monoisotopic (exact) mass is 317 g/mol. The van der Waals surface area contributed by atoms with Crippen LogP contribution < -0.4 is 10.6 Å². The number of anilines is 2. The Kier molecular flexibility index (Phi) is 5.27. The third-order valence-corrected chi connectivity index (χ3v) is 3.07. The first kappa shape index (κ1) is 16.4. The Hall–Kier alpha value is -2.93. The molecular weight excluding hydrogens is 301 g/mol. The molecule has 0 aliphatic rings. The second-order valence-electron chi connectivity index (χ2n) is 4.71. The smallest absolute Gasteiger partial charge is 0.409 e. The molecule has 1 atom stereocenters. The molecule has 0 aliphatic heterocycles. The highest BCUT2D eigenvalue weighted by atomic mass is 19.1. The number of benzene rings is 1. The van der Waals surface area contributed by atoms with E-state index in [4.69, 9.17) is 5.11 Å². The Bertz CT molecular complexity index is 721. The van der Waals surface area contributed by atoms with E-state index in [9.17, 15) is 14.3 Å². The zero-order valence-electron chi connectivity index (χ0n) is 12.2. The van der Waals surface area contributed by atoms with Crippen LogP contribution in [0.15, 0.2) is 49.2 Å². The van der Waals surface area contributed by atoms with E-state index in [1.54, 1.807) is 18.2 Å². The van der Waals surface area contributed by atoms with Crippen molar-refractivity contribution in [1.29, 1.82) is 0 Å². The minimum absolute atomic E-state index is 0.0433. The van der Waals surface area contributed by atoms with E-state index in [2.05, 4.69) is 16.9 Å². The minimum atomic E-state index is -1.29. The molecule has 0 aliphatic carbocycles. The van der Waals surface area contributed by atoms with Crippen LogP contribution in [0.25, 0.3) is 0 Å². The van der Waals surface area contributed by atoms with Gasteiger partial charge in [0.15, 0.2) is 0 Å². The molecule has 2 rings (SSSR count). The van der Waals surface area contributed by atoms with E-state index in [0.29, 0.717) is 17.9 Å². The van der Waals surface area contributed by atoms with Gasteiger partial charge < -0.3 is 15.5 Å². The summed E-state index contributed by atoms with van der Waals surface area (Å²) >= 11 is 0. The number of hydrogen-bond donors (Lipinski definition) is 4. The van der Waals surface area contributed by atoms with Crippen LogP contribution in [0.3, 0.4) is 0 Å². The predicted molar refractivity (Wildman–Crippen MR) is 85.0 cm³/mol. The third-order valence-electron chi connectivity index (χ3n) is 3.07. The Morgan fingerprint density at radius 3 is 2.83 bits per heavy atom. The number of hydrogen-bond acceptors (Lipinski definition) is 4. The number of aliphatic hydroxyl groups is 1. The number of nitrogens with zero attached hydrogens (tertiary/aromatic N) is 1. The van der Waals surface area contributed by atoms with Crippen LogP contribution in [0.5, 0.6) is 0 Å². The highest BCUT2D eigenvalue weighted by Gasteiger charge is 2.16. The highest BCUT2D eigenvalue weighted by Crippen LogP contribution is 2.27. The van der Waals surface area contributed by atoms with Crippen LogP contribution in [0.4, 0.5) is 20.7 Å². The average Bonchev–Trinajstić information content (AvgIpc) is 2.52. The van der Waals surface area contributed by atoms with Crippen molar-refractivity contribution in [2.75, 3.05) is 17.2 Å². The van der Waals surface area contributed by atoms with Crippen LogP contribution >= 0.6 is 0 Å². The van der Waals surface area contributed by atoms with Crippen LogP contribution in [-0.4, -0.2) is 27.8 Å². The molecule has 0 fully saturated rings. The topological polar surface area (TPSA) is 94.5 Å². The van der Waals surface area contributed by atoms with Crippen LogP contribution in [-0.2, 0) is 0 Å². The van der Waals surface area contributed by atoms with Crippen molar-refractivity contribution >= 4 is 17.6 Å². The van der Waals surface area contributed by atoms with Crippen molar-refractivity contribution in [2.24, 2.45) is 0 Å². The normalized spacial score (nSPS) is 11.6. The molecule has 4 N–H and O–H groups in total. The number of aromatic nitrogens is 1. The molecule has 7 heteroatoms. The quantitative estimate of drug-likeness (QED) is 0.614. The molecule has 23 heavy (non-hydrogen) atoms. The maximum atomic E-state index is 14.1.